The molecule has 1 aliphatic heterocycles. The van der Waals surface area contributed by atoms with E-state index >= 15 is 0 Å². The SMILES string of the molecule is COC(=O)c1ccc(C=C2SC(=S)N(CCCCCC(=O)Nc3ccc(I)cc3)C2=O)cc1. The normalized spacial score (nSPS) is 14.6. The summed E-state index contributed by atoms with van der Waals surface area (Å²) in [6.45, 7) is 0.530. The average molecular weight is 594 g/mol. The van der Waals surface area contributed by atoms with E-state index in [1.165, 1.54) is 18.9 Å². The van der Waals surface area contributed by atoms with E-state index in [1.54, 1.807) is 35.2 Å². The fourth-order valence-corrected chi connectivity index (χ4v) is 4.83. The molecule has 1 fully saturated rings. The van der Waals surface area contributed by atoms with Crippen LogP contribution in [-0.4, -0.2) is 40.7 Å². The number of carbonyl (C=O) groups is 3. The lowest BCUT2D eigenvalue weighted by molar-refractivity contribution is -0.122. The van der Waals surface area contributed by atoms with E-state index in [2.05, 4.69) is 27.9 Å². The van der Waals surface area contributed by atoms with Gasteiger partial charge in [-0.15, -0.1) is 0 Å². The Bertz CT molecular complexity index is 1070. The summed E-state index contributed by atoms with van der Waals surface area (Å²) in [5.41, 5.74) is 2.06. The van der Waals surface area contributed by atoms with Crippen molar-refractivity contribution in [2.24, 2.45) is 0 Å². The smallest absolute Gasteiger partial charge is 0.337 e. The highest BCUT2D eigenvalue weighted by atomic mass is 127. The summed E-state index contributed by atoms with van der Waals surface area (Å²) in [5, 5.41) is 2.89. The Hall–Kier alpha value is -2.24. The molecule has 0 unspecified atom stereocenters. The van der Waals surface area contributed by atoms with Crippen LogP contribution in [-0.2, 0) is 14.3 Å². The largest absolute Gasteiger partial charge is 0.465 e. The number of rotatable bonds is 9. The van der Waals surface area contributed by atoms with Crippen molar-refractivity contribution in [2.75, 3.05) is 19.0 Å². The van der Waals surface area contributed by atoms with Crippen molar-refractivity contribution in [1.82, 2.24) is 4.90 Å². The Morgan fingerprint density at radius 1 is 1.09 bits per heavy atom. The Labute approximate surface area is 216 Å². The monoisotopic (exact) mass is 594 g/mol. The number of unbranched alkanes of at least 4 members (excludes halogenated alkanes) is 2. The van der Waals surface area contributed by atoms with Crippen LogP contribution in [0.5, 0.6) is 0 Å². The van der Waals surface area contributed by atoms with Gasteiger partial charge >= 0.3 is 5.97 Å². The summed E-state index contributed by atoms with van der Waals surface area (Å²) >= 11 is 8.88. The van der Waals surface area contributed by atoms with E-state index in [-0.39, 0.29) is 11.8 Å². The molecule has 0 saturated carbocycles. The average Bonchev–Trinajstić information content (AvgIpc) is 3.07. The Kier molecular flexibility index (Phi) is 9.45. The van der Waals surface area contributed by atoms with Gasteiger partial charge in [-0.3, -0.25) is 14.5 Å². The fourth-order valence-electron chi connectivity index (χ4n) is 3.17. The van der Waals surface area contributed by atoms with E-state index in [0.717, 1.165) is 34.1 Å². The first-order chi connectivity index (χ1) is 15.9. The van der Waals surface area contributed by atoms with Crippen LogP contribution in [0.25, 0.3) is 6.08 Å². The summed E-state index contributed by atoms with van der Waals surface area (Å²) in [4.78, 5) is 38.5. The van der Waals surface area contributed by atoms with E-state index in [9.17, 15) is 14.4 Å². The second-order valence-electron chi connectivity index (χ2n) is 7.31. The molecule has 0 spiro atoms. The molecule has 2 aromatic rings. The van der Waals surface area contributed by atoms with Crippen LogP contribution >= 0.6 is 46.6 Å². The van der Waals surface area contributed by atoms with Crippen LogP contribution in [0, 0.1) is 3.57 Å². The van der Waals surface area contributed by atoms with Crippen LogP contribution in [0.1, 0.15) is 41.6 Å². The van der Waals surface area contributed by atoms with Gasteiger partial charge in [0.25, 0.3) is 5.91 Å². The maximum atomic E-state index is 12.8. The summed E-state index contributed by atoms with van der Waals surface area (Å²) in [6, 6.07) is 14.5. The van der Waals surface area contributed by atoms with Gasteiger partial charge in [-0.05, 0) is 83.5 Å². The first-order valence-electron chi connectivity index (χ1n) is 10.4. The van der Waals surface area contributed by atoms with Crippen LogP contribution in [0.4, 0.5) is 5.69 Å². The number of esters is 1. The molecule has 3 rings (SSSR count). The Morgan fingerprint density at radius 3 is 2.45 bits per heavy atom. The zero-order valence-corrected chi connectivity index (χ0v) is 21.8. The minimum absolute atomic E-state index is 0.0111. The predicted octanol–water partition coefficient (Wildman–Crippen LogP) is 5.48. The number of thioether (sulfide) groups is 1. The Morgan fingerprint density at radius 2 is 1.79 bits per heavy atom. The number of carbonyl (C=O) groups excluding carboxylic acids is 3. The number of thiocarbonyl (C=S) groups is 1. The Balaban J connectivity index is 1.43. The van der Waals surface area contributed by atoms with Crippen molar-refractivity contribution in [3.63, 3.8) is 0 Å². The standard InChI is InChI=1S/C24H23IN2O4S2/c1-31-23(30)17-8-6-16(7-9-17)15-20-22(29)27(24(32)33-20)14-4-2-3-5-21(28)26-19-12-10-18(25)11-13-19/h6-13,15H,2-5,14H2,1H3,(H,26,28). The molecule has 6 nitrogen and oxygen atoms in total. The van der Waals surface area contributed by atoms with Gasteiger partial charge in [0.1, 0.15) is 4.32 Å². The number of anilines is 1. The summed E-state index contributed by atoms with van der Waals surface area (Å²) in [7, 11) is 1.33. The molecule has 1 saturated heterocycles. The summed E-state index contributed by atoms with van der Waals surface area (Å²) < 4.78 is 6.35. The molecule has 0 bridgehead atoms. The molecule has 9 heteroatoms. The number of amides is 2. The molecule has 0 radical (unpaired) electrons. The molecule has 0 atom stereocenters. The number of nitrogens with zero attached hydrogens (tertiary/aromatic N) is 1. The topological polar surface area (TPSA) is 75.7 Å². The lowest BCUT2D eigenvalue weighted by Gasteiger charge is -2.14. The van der Waals surface area contributed by atoms with Crippen LogP contribution < -0.4 is 5.32 Å². The van der Waals surface area contributed by atoms with Gasteiger partial charge in [0.15, 0.2) is 0 Å². The highest BCUT2D eigenvalue weighted by molar-refractivity contribution is 14.1. The zero-order chi connectivity index (χ0) is 23.8. The van der Waals surface area contributed by atoms with Gasteiger partial charge in [-0.25, -0.2) is 4.79 Å². The molecular formula is C24H23IN2O4S2. The number of methoxy groups -OCH3 is 1. The van der Waals surface area contributed by atoms with Gasteiger partial charge in [0.05, 0.1) is 17.6 Å². The van der Waals surface area contributed by atoms with Crippen molar-refractivity contribution in [2.45, 2.75) is 25.7 Å². The van der Waals surface area contributed by atoms with E-state index in [0.29, 0.717) is 27.8 Å². The van der Waals surface area contributed by atoms with Gasteiger partial charge < -0.3 is 10.1 Å². The van der Waals surface area contributed by atoms with Crippen LogP contribution in [0.2, 0.25) is 0 Å². The van der Waals surface area contributed by atoms with Crippen LogP contribution in [0.15, 0.2) is 53.4 Å². The minimum atomic E-state index is -0.403. The molecule has 0 aliphatic carbocycles. The quantitative estimate of drug-likeness (QED) is 0.136. The highest BCUT2D eigenvalue weighted by Crippen LogP contribution is 2.32. The number of hydrogen-bond acceptors (Lipinski definition) is 6. The number of benzene rings is 2. The zero-order valence-electron chi connectivity index (χ0n) is 18.0. The molecule has 2 amide bonds. The lowest BCUT2D eigenvalue weighted by atomic mass is 10.1. The third kappa shape index (κ3) is 7.38. The van der Waals surface area contributed by atoms with Crippen molar-refractivity contribution in [1.29, 1.82) is 0 Å². The molecule has 1 heterocycles. The van der Waals surface area contributed by atoms with Gasteiger partial charge in [0.2, 0.25) is 5.91 Å². The maximum absolute atomic E-state index is 12.8. The van der Waals surface area contributed by atoms with Gasteiger partial charge in [0, 0.05) is 22.2 Å². The van der Waals surface area contributed by atoms with Gasteiger partial charge in [-0.1, -0.05) is 42.5 Å². The fraction of sp³-hybridized carbons (Fsp3) is 0.250. The van der Waals surface area contributed by atoms with Crippen molar-refractivity contribution < 1.29 is 19.1 Å². The second kappa shape index (κ2) is 12.3. The molecular weight excluding hydrogens is 571 g/mol. The molecule has 2 aromatic carbocycles. The highest BCUT2D eigenvalue weighted by Gasteiger charge is 2.31. The van der Waals surface area contributed by atoms with Crippen molar-refractivity contribution in [3.05, 3.63) is 68.1 Å². The maximum Gasteiger partial charge on any atom is 0.337 e. The van der Waals surface area contributed by atoms with Crippen molar-refractivity contribution in [3.8, 4) is 0 Å². The van der Waals surface area contributed by atoms with E-state index in [4.69, 9.17) is 17.0 Å². The molecule has 0 aromatic heterocycles. The third-order valence-electron chi connectivity index (χ3n) is 4.92. The number of ether oxygens (including phenoxy) is 1. The van der Waals surface area contributed by atoms with E-state index in [1.807, 2.05) is 24.3 Å². The van der Waals surface area contributed by atoms with Crippen LogP contribution in [0.3, 0.4) is 0 Å². The second-order valence-corrected chi connectivity index (χ2v) is 10.2. The van der Waals surface area contributed by atoms with Crippen molar-refractivity contribution >= 4 is 80.4 Å². The summed E-state index contributed by atoms with van der Waals surface area (Å²) in [6.07, 6.45) is 4.55. The first-order valence-corrected chi connectivity index (χ1v) is 12.7. The minimum Gasteiger partial charge on any atom is -0.465 e. The number of nitrogens with one attached hydrogen (secondary N) is 1. The number of hydrogen-bond donors (Lipinski definition) is 1. The van der Waals surface area contributed by atoms with Gasteiger partial charge in [-0.2, -0.15) is 0 Å². The molecule has 33 heavy (non-hydrogen) atoms. The predicted molar refractivity (Wildman–Crippen MR) is 144 cm³/mol. The third-order valence-corrected chi connectivity index (χ3v) is 7.01. The summed E-state index contributed by atoms with van der Waals surface area (Å²) in [5.74, 6) is -0.526. The molecule has 1 aliphatic rings. The van der Waals surface area contributed by atoms with E-state index < -0.39 is 5.97 Å². The number of halogens is 1. The molecule has 1 N–H and O–H groups in total. The lowest BCUT2D eigenvalue weighted by Crippen LogP contribution is -2.29. The molecule has 172 valence electrons. The first kappa shape index (κ1) is 25.4.